The highest BCUT2D eigenvalue weighted by Gasteiger charge is 2.41. The lowest BCUT2D eigenvalue weighted by Gasteiger charge is -2.23. The molecule has 3 rings (SSSR count). The van der Waals surface area contributed by atoms with Crippen LogP contribution in [-0.4, -0.2) is 53.0 Å². The summed E-state index contributed by atoms with van der Waals surface area (Å²) in [6, 6.07) is 16.8. The minimum absolute atomic E-state index is 0.0574. The molecule has 0 aromatic heterocycles. The molecule has 7 heteroatoms. The minimum Gasteiger partial charge on any atom is -0.494 e. The monoisotopic (exact) mass is 425 g/mol. The lowest BCUT2D eigenvalue weighted by Crippen LogP contribution is -2.38. The number of hydrogen-bond donors (Lipinski definition) is 1. The van der Waals surface area contributed by atoms with Crippen molar-refractivity contribution in [2.75, 3.05) is 25.5 Å². The summed E-state index contributed by atoms with van der Waals surface area (Å²) in [6.07, 6.45) is 1.80. The van der Waals surface area contributed by atoms with E-state index in [1.807, 2.05) is 30.0 Å². The summed E-state index contributed by atoms with van der Waals surface area (Å²) in [5.41, 5.74) is 1.91. The molecule has 0 unspecified atom stereocenters. The van der Waals surface area contributed by atoms with Crippen molar-refractivity contribution in [3.8, 4) is 5.75 Å². The van der Waals surface area contributed by atoms with Crippen LogP contribution in [0.1, 0.15) is 25.3 Å². The van der Waals surface area contributed by atoms with E-state index in [4.69, 9.17) is 17.0 Å². The second kappa shape index (κ2) is 10.2. The Kier molecular flexibility index (Phi) is 7.41. The Morgan fingerprint density at radius 2 is 1.83 bits per heavy atom. The number of carbonyl (C=O) groups is 2. The van der Waals surface area contributed by atoms with Crippen molar-refractivity contribution in [2.45, 2.75) is 32.2 Å². The van der Waals surface area contributed by atoms with Crippen LogP contribution in [0.3, 0.4) is 0 Å². The molecule has 2 aromatic rings. The molecule has 1 aliphatic heterocycles. The van der Waals surface area contributed by atoms with Gasteiger partial charge in [0.05, 0.1) is 13.0 Å². The molecule has 1 aliphatic rings. The van der Waals surface area contributed by atoms with Gasteiger partial charge in [0.2, 0.25) is 5.91 Å². The quantitative estimate of drug-likeness (QED) is 0.624. The highest BCUT2D eigenvalue weighted by atomic mass is 32.1. The summed E-state index contributed by atoms with van der Waals surface area (Å²) in [7, 11) is 1.67. The van der Waals surface area contributed by atoms with Gasteiger partial charge in [-0.25, -0.2) is 0 Å². The van der Waals surface area contributed by atoms with Crippen LogP contribution in [0.25, 0.3) is 0 Å². The Morgan fingerprint density at radius 1 is 1.13 bits per heavy atom. The number of benzene rings is 2. The van der Waals surface area contributed by atoms with Crippen molar-refractivity contribution >= 4 is 34.8 Å². The van der Waals surface area contributed by atoms with Crippen LogP contribution in [0.5, 0.6) is 5.75 Å². The van der Waals surface area contributed by atoms with Crippen molar-refractivity contribution in [2.24, 2.45) is 0 Å². The van der Waals surface area contributed by atoms with E-state index in [0.717, 1.165) is 18.6 Å². The molecule has 6 nitrogen and oxygen atoms in total. The van der Waals surface area contributed by atoms with E-state index < -0.39 is 6.04 Å². The summed E-state index contributed by atoms with van der Waals surface area (Å²) in [5, 5.41) is 3.33. The molecule has 0 saturated carbocycles. The first-order valence-electron chi connectivity index (χ1n) is 10.1. The number of anilines is 1. The number of amides is 2. The van der Waals surface area contributed by atoms with Crippen LogP contribution in [0.4, 0.5) is 5.69 Å². The summed E-state index contributed by atoms with van der Waals surface area (Å²) >= 11 is 5.45. The fraction of sp³-hybridized carbons (Fsp3) is 0.348. The number of ether oxygens (including phenoxy) is 1. The number of hydrogen-bond acceptors (Lipinski definition) is 4. The van der Waals surface area contributed by atoms with Crippen molar-refractivity contribution < 1.29 is 14.3 Å². The van der Waals surface area contributed by atoms with E-state index in [1.165, 1.54) is 10.5 Å². The average Bonchev–Trinajstić information content (AvgIpc) is 2.94. The lowest BCUT2D eigenvalue weighted by atomic mass is 10.1. The Hall–Kier alpha value is -2.93. The predicted octanol–water partition coefficient (Wildman–Crippen LogP) is 3.47. The molecular formula is C23H27N3O3S. The minimum atomic E-state index is -0.569. The largest absolute Gasteiger partial charge is 0.494 e. The number of nitrogens with zero attached hydrogens (tertiary/aromatic N) is 2. The smallest absolute Gasteiger partial charge is 0.251 e. The van der Waals surface area contributed by atoms with Crippen LogP contribution in [0.2, 0.25) is 0 Å². The molecule has 1 heterocycles. The van der Waals surface area contributed by atoms with Gasteiger partial charge < -0.3 is 15.0 Å². The van der Waals surface area contributed by atoms with Gasteiger partial charge >= 0.3 is 0 Å². The van der Waals surface area contributed by atoms with E-state index in [-0.39, 0.29) is 18.2 Å². The highest BCUT2D eigenvalue weighted by molar-refractivity contribution is 7.80. The third kappa shape index (κ3) is 5.36. The van der Waals surface area contributed by atoms with Gasteiger partial charge in [-0.15, -0.1) is 0 Å². The van der Waals surface area contributed by atoms with Crippen molar-refractivity contribution in [1.29, 1.82) is 0 Å². The maximum Gasteiger partial charge on any atom is 0.251 e. The maximum absolute atomic E-state index is 12.7. The number of thiocarbonyl (C=S) groups is 1. The maximum atomic E-state index is 12.7. The number of carbonyl (C=O) groups excluding carboxylic acids is 2. The van der Waals surface area contributed by atoms with Crippen molar-refractivity contribution in [1.82, 2.24) is 9.80 Å². The molecule has 1 N–H and O–H groups in total. The average molecular weight is 426 g/mol. The SMILES string of the molecule is CCOc1ccc(NC(=O)C[C@H]2C(=O)N(C)C(=S)N2CCCc2ccccc2)cc1. The molecule has 0 aliphatic carbocycles. The Labute approximate surface area is 182 Å². The normalized spacial score (nSPS) is 16.1. The van der Waals surface area contributed by atoms with Gasteiger partial charge in [-0.05, 0) is 61.8 Å². The Morgan fingerprint density at radius 3 is 2.50 bits per heavy atom. The molecule has 0 bridgehead atoms. The molecule has 0 spiro atoms. The van der Waals surface area contributed by atoms with Crippen molar-refractivity contribution in [3.05, 3.63) is 60.2 Å². The molecule has 158 valence electrons. The molecule has 2 amide bonds. The first kappa shape index (κ1) is 21.8. The van der Waals surface area contributed by atoms with E-state index in [1.54, 1.807) is 31.3 Å². The fourth-order valence-electron chi connectivity index (χ4n) is 3.51. The number of nitrogens with one attached hydrogen (secondary N) is 1. The van der Waals surface area contributed by atoms with Crippen LogP contribution < -0.4 is 10.1 Å². The number of likely N-dealkylation sites (N-methyl/N-ethyl adjacent to an activating group) is 1. The van der Waals surface area contributed by atoms with E-state index >= 15 is 0 Å². The van der Waals surface area contributed by atoms with Gasteiger partial charge in [-0.2, -0.15) is 0 Å². The summed E-state index contributed by atoms with van der Waals surface area (Å²) in [6.45, 7) is 3.13. The zero-order valence-electron chi connectivity index (χ0n) is 17.3. The third-order valence-electron chi connectivity index (χ3n) is 5.06. The first-order valence-corrected chi connectivity index (χ1v) is 10.5. The molecular weight excluding hydrogens is 398 g/mol. The second-order valence-electron chi connectivity index (χ2n) is 7.19. The number of aryl methyl sites for hydroxylation is 1. The third-order valence-corrected chi connectivity index (χ3v) is 5.57. The van der Waals surface area contributed by atoms with Crippen molar-refractivity contribution in [3.63, 3.8) is 0 Å². The summed E-state index contributed by atoms with van der Waals surface area (Å²) < 4.78 is 5.41. The molecule has 1 fully saturated rings. The van der Waals surface area contributed by atoms with Crippen LogP contribution in [-0.2, 0) is 16.0 Å². The first-order chi connectivity index (χ1) is 14.5. The summed E-state index contributed by atoms with van der Waals surface area (Å²) in [5.74, 6) is 0.392. The van der Waals surface area contributed by atoms with Gasteiger partial charge in [0.1, 0.15) is 11.8 Å². The Bertz CT molecular complexity index is 886. The topological polar surface area (TPSA) is 61.9 Å². The fourth-order valence-corrected chi connectivity index (χ4v) is 3.82. The highest BCUT2D eigenvalue weighted by Crippen LogP contribution is 2.22. The van der Waals surface area contributed by atoms with Crippen LogP contribution in [0, 0.1) is 0 Å². The van der Waals surface area contributed by atoms with Crippen LogP contribution >= 0.6 is 12.2 Å². The van der Waals surface area contributed by atoms with Gasteiger partial charge in [0, 0.05) is 19.3 Å². The molecule has 1 saturated heterocycles. The lowest BCUT2D eigenvalue weighted by molar-refractivity contribution is -0.130. The van der Waals surface area contributed by atoms with Gasteiger partial charge in [-0.3, -0.25) is 14.5 Å². The molecule has 0 radical (unpaired) electrons. The zero-order valence-corrected chi connectivity index (χ0v) is 18.2. The van der Waals surface area contributed by atoms with E-state index in [2.05, 4.69) is 17.4 Å². The van der Waals surface area contributed by atoms with Gasteiger partial charge in [-0.1, -0.05) is 30.3 Å². The zero-order chi connectivity index (χ0) is 21.5. The predicted molar refractivity (Wildman–Crippen MR) is 121 cm³/mol. The van der Waals surface area contributed by atoms with Crippen LogP contribution in [0.15, 0.2) is 54.6 Å². The van der Waals surface area contributed by atoms with Gasteiger partial charge in [0.25, 0.3) is 5.91 Å². The van der Waals surface area contributed by atoms with E-state index in [0.29, 0.717) is 24.0 Å². The number of rotatable bonds is 9. The second-order valence-corrected chi connectivity index (χ2v) is 7.55. The van der Waals surface area contributed by atoms with Gasteiger partial charge in [0.15, 0.2) is 5.11 Å². The molecule has 1 atom stereocenters. The Balaban J connectivity index is 1.58. The summed E-state index contributed by atoms with van der Waals surface area (Å²) in [4.78, 5) is 28.6. The standard InChI is InChI=1S/C23H27N3O3S/c1-3-29-19-13-11-18(12-14-19)24-21(27)16-20-22(28)25(2)23(30)26(20)15-7-10-17-8-5-4-6-9-17/h4-6,8-9,11-14,20H,3,7,10,15-16H2,1-2H3,(H,24,27)/t20-/m0/s1. The molecule has 2 aromatic carbocycles. The van der Waals surface area contributed by atoms with E-state index in [9.17, 15) is 9.59 Å². The molecule has 30 heavy (non-hydrogen) atoms.